The van der Waals surface area contributed by atoms with Gasteiger partial charge in [-0.25, -0.2) is 0 Å². The Morgan fingerprint density at radius 3 is 3.08 bits per heavy atom. The number of hydrogen-bond acceptors (Lipinski definition) is 3. The van der Waals surface area contributed by atoms with Crippen molar-refractivity contribution in [2.24, 2.45) is 5.73 Å². The summed E-state index contributed by atoms with van der Waals surface area (Å²) in [5.74, 6) is 0. The lowest BCUT2D eigenvalue weighted by Gasteiger charge is -2.22. The van der Waals surface area contributed by atoms with Gasteiger partial charge in [0.1, 0.15) is 0 Å². The van der Waals surface area contributed by atoms with Crippen LogP contribution in [-0.4, -0.2) is 42.2 Å². The fourth-order valence-corrected chi connectivity index (χ4v) is 2.01. The van der Waals surface area contributed by atoms with Crippen LogP contribution in [0.5, 0.6) is 0 Å². The molecule has 1 rings (SSSR count). The number of rotatable bonds is 5. The topological polar surface area (TPSA) is 38.5 Å². The highest BCUT2D eigenvalue weighted by Gasteiger charge is 2.25. The summed E-state index contributed by atoms with van der Waals surface area (Å²) < 4.78 is 5.30. The Morgan fingerprint density at radius 2 is 2.46 bits per heavy atom. The Kier molecular flexibility index (Phi) is 4.62. The second-order valence-corrected chi connectivity index (χ2v) is 3.76. The Morgan fingerprint density at radius 1 is 1.69 bits per heavy atom. The molecule has 0 radical (unpaired) electrons. The minimum atomic E-state index is 0.315. The van der Waals surface area contributed by atoms with Crippen LogP contribution in [-0.2, 0) is 4.74 Å². The number of nitrogens with zero attached hydrogens (tertiary/aromatic N) is 1. The van der Waals surface area contributed by atoms with E-state index in [9.17, 15) is 0 Å². The van der Waals surface area contributed by atoms with E-state index in [1.807, 2.05) is 6.92 Å². The predicted molar refractivity (Wildman–Crippen MR) is 57.9 cm³/mol. The number of thiocarbonyl (C=S) groups is 1. The molecule has 1 heterocycles. The fraction of sp³-hybridized carbons (Fsp3) is 0.889. The van der Waals surface area contributed by atoms with Crippen LogP contribution in [0.25, 0.3) is 0 Å². The molecule has 2 N–H and O–H groups in total. The maximum absolute atomic E-state index is 5.64. The molecule has 0 aliphatic carbocycles. The van der Waals surface area contributed by atoms with Gasteiger partial charge in [0.15, 0.2) is 0 Å². The van der Waals surface area contributed by atoms with E-state index in [1.54, 1.807) is 0 Å². The quantitative estimate of drug-likeness (QED) is 0.528. The van der Waals surface area contributed by atoms with Crippen molar-refractivity contribution in [3.8, 4) is 0 Å². The van der Waals surface area contributed by atoms with E-state index < -0.39 is 0 Å². The molecule has 0 aromatic rings. The predicted octanol–water partition coefficient (Wildman–Crippen LogP) is 0.773. The summed E-state index contributed by atoms with van der Waals surface area (Å²) in [6.07, 6.45) is 2.32. The monoisotopic (exact) mass is 202 g/mol. The lowest BCUT2D eigenvalue weighted by Crippen LogP contribution is -2.40. The van der Waals surface area contributed by atoms with Crippen LogP contribution in [0.15, 0.2) is 0 Å². The van der Waals surface area contributed by atoms with Crippen molar-refractivity contribution in [3.05, 3.63) is 0 Å². The maximum Gasteiger partial charge on any atom is 0.0902 e. The zero-order chi connectivity index (χ0) is 9.68. The Bertz CT molecular complexity index is 175. The molecule has 0 saturated carbocycles. The average Bonchev–Trinajstić information content (AvgIpc) is 2.53. The van der Waals surface area contributed by atoms with E-state index in [1.165, 1.54) is 6.42 Å². The van der Waals surface area contributed by atoms with E-state index in [4.69, 9.17) is 22.7 Å². The zero-order valence-electron chi connectivity index (χ0n) is 8.16. The molecular weight excluding hydrogens is 184 g/mol. The summed E-state index contributed by atoms with van der Waals surface area (Å²) in [5.41, 5.74) is 5.64. The summed E-state index contributed by atoms with van der Waals surface area (Å²) in [5, 5.41) is 0. The highest BCUT2D eigenvalue weighted by molar-refractivity contribution is 7.80. The van der Waals surface area contributed by atoms with Gasteiger partial charge in [0, 0.05) is 13.2 Å². The maximum atomic E-state index is 5.64. The lowest BCUT2D eigenvalue weighted by atomic mass is 10.2. The summed E-state index contributed by atoms with van der Waals surface area (Å²) in [7, 11) is 0. The van der Waals surface area contributed by atoms with E-state index in [0.29, 0.717) is 11.0 Å². The van der Waals surface area contributed by atoms with Crippen LogP contribution in [0.2, 0.25) is 0 Å². The molecule has 0 bridgehead atoms. The van der Waals surface area contributed by atoms with Gasteiger partial charge >= 0.3 is 0 Å². The molecule has 0 aromatic heterocycles. The van der Waals surface area contributed by atoms with Crippen molar-refractivity contribution in [2.75, 3.05) is 26.3 Å². The first-order chi connectivity index (χ1) is 6.25. The molecule has 1 fully saturated rings. The second-order valence-electron chi connectivity index (χ2n) is 3.29. The van der Waals surface area contributed by atoms with Gasteiger partial charge in [0.05, 0.1) is 17.6 Å². The minimum absolute atomic E-state index is 0.315. The highest BCUT2D eigenvalue weighted by Crippen LogP contribution is 2.16. The minimum Gasteiger partial charge on any atom is -0.392 e. The first-order valence-electron chi connectivity index (χ1n) is 4.86. The molecule has 0 amide bonds. The average molecular weight is 202 g/mol. The second kappa shape index (κ2) is 5.52. The van der Waals surface area contributed by atoms with Crippen molar-refractivity contribution in [1.82, 2.24) is 4.90 Å². The van der Waals surface area contributed by atoms with Crippen molar-refractivity contribution in [1.29, 1.82) is 0 Å². The summed E-state index contributed by atoms with van der Waals surface area (Å²) in [6.45, 7) is 5.64. The van der Waals surface area contributed by atoms with Crippen LogP contribution in [0, 0.1) is 0 Å². The third-order valence-electron chi connectivity index (χ3n) is 2.42. The van der Waals surface area contributed by atoms with E-state index in [2.05, 4.69) is 4.90 Å². The number of hydrogen-bond donors (Lipinski definition) is 1. The molecule has 1 unspecified atom stereocenters. The van der Waals surface area contributed by atoms with Crippen LogP contribution < -0.4 is 5.73 Å². The van der Waals surface area contributed by atoms with Gasteiger partial charge in [-0.05, 0) is 26.3 Å². The van der Waals surface area contributed by atoms with Crippen molar-refractivity contribution in [3.63, 3.8) is 0 Å². The first-order valence-corrected chi connectivity index (χ1v) is 5.27. The summed E-state index contributed by atoms with van der Waals surface area (Å²) in [6, 6.07) is 0.315. The van der Waals surface area contributed by atoms with Gasteiger partial charge < -0.3 is 10.5 Å². The molecule has 3 nitrogen and oxygen atoms in total. The molecule has 0 spiro atoms. The third-order valence-corrected chi connectivity index (χ3v) is 2.69. The SMILES string of the molecule is CCOCCN1CCCC1C(N)=S. The number of ether oxygens (including phenoxy) is 1. The smallest absolute Gasteiger partial charge is 0.0902 e. The fourth-order valence-electron chi connectivity index (χ4n) is 1.74. The summed E-state index contributed by atoms with van der Waals surface area (Å²) in [4.78, 5) is 2.95. The molecule has 1 saturated heterocycles. The largest absolute Gasteiger partial charge is 0.392 e. The van der Waals surface area contributed by atoms with Gasteiger partial charge in [0.25, 0.3) is 0 Å². The van der Waals surface area contributed by atoms with Crippen LogP contribution in [0.3, 0.4) is 0 Å². The standard InChI is InChI=1S/C9H18N2OS/c1-2-12-7-6-11-5-3-4-8(11)9(10)13/h8H,2-7H2,1H3,(H2,10,13). The Labute approximate surface area is 85.2 Å². The van der Waals surface area contributed by atoms with E-state index in [-0.39, 0.29) is 0 Å². The number of likely N-dealkylation sites (tertiary alicyclic amines) is 1. The van der Waals surface area contributed by atoms with Crippen LogP contribution in [0.1, 0.15) is 19.8 Å². The van der Waals surface area contributed by atoms with Gasteiger partial charge in [-0.2, -0.15) is 0 Å². The first kappa shape index (κ1) is 10.9. The van der Waals surface area contributed by atoms with Crippen molar-refractivity contribution >= 4 is 17.2 Å². The van der Waals surface area contributed by atoms with Crippen molar-refractivity contribution < 1.29 is 4.74 Å². The molecule has 76 valence electrons. The molecule has 1 aliphatic heterocycles. The van der Waals surface area contributed by atoms with Crippen LogP contribution >= 0.6 is 12.2 Å². The highest BCUT2D eigenvalue weighted by atomic mass is 32.1. The van der Waals surface area contributed by atoms with Gasteiger partial charge in [-0.15, -0.1) is 0 Å². The van der Waals surface area contributed by atoms with Gasteiger partial charge in [-0.1, -0.05) is 12.2 Å². The lowest BCUT2D eigenvalue weighted by molar-refractivity contribution is 0.117. The Hall–Kier alpha value is -0.190. The molecule has 4 heteroatoms. The van der Waals surface area contributed by atoms with E-state index in [0.717, 1.165) is 32.7 Å². The summed E-state index contributed by atoms with van der Waals surface area (Å²) >= 11 is 5.01. The molecule has 13 heavy (non-hydrogen) atoms. The molecule has 1 atom stereocenters. The zero-order valence-corrected chi connectivity index (χ0v) is 8.98. The van der Waals surface area contributed by atoms with Crippen LogP contribution in [0.4, 0.5) is 0 Å². The Balaban J connectivity index is 2.27. The van der Waals surface area contributed by atoms with E-state index >= 15 is 0 Å². The number of nitrogens with two attached hydrogens (primary N) is 1. The van der Waals surface area contributed by atoms with Gasteiger partial charge in [0.2, 0.25) is 0 Å². The molecule has 1 aliphatic rings. The normalized spacial score (nSPS) is 23.6. The third kappa shape index (κ3) is 3.21. The molecule has 0 aromatic carbocycles. The molecular formula is C9H18N2OS. The van der Waals surface area contributed by atoms with Gasteiger partial charge in [-0.3, -0.25) is 4.90 Å². The van der Waals surface area contributed by atoms with Crippen molar-refractivity contribution in [2.45, 2.75) is 25.8 Å².